The average molecular weight is 1010 g/mol. The second-order valence-corrected chi connectivity index (χ2v) is 16.9. The van der Waals surface area contributed by atoms with E-state index in [1.807, 2.05) is 88.4 Å². The first-order chi connectivity index (χ1) is 33.3. The Morgan fingerprint density at radius 2 is 1.03 bits per heavy atom. The van der Waals surface area contributed by atoms with Crippen LogP contribution in [-0.4, -0.2) is 55.5 Å². The van der Waals surface area contributed by atoms with Gasteiger partial charge in [-0.1, -0.05) is 18.2 Å². The largest absolute Gasteiger partial charge is 0.505 e. The van der Waals surface area contributed by atoms with Gasteiger partial charge in [0.1, 0.15) is 22.0 Å². The van der Waals surface area contributed by atoms with Crippen LogP contribution in [-0.2, 0) is 37.9 Å². The summed E-state index contributed by atoms with van der Waals surface area (Å²) in [5, 5.41) is 60.5. The van der Waals surface area contributed by atoms with Gasteiger partial charge in [0.05, 0.1) is 47.8 Å². The first-order valence-electron chi connectivity index (χ1n) is 20.2. The highest BCUT2D eigenvalue weighted by atomic mass is 32.2. The fraction of sp³-hybridized carbons (Fsp3) is 0.130. The number of aromatic hydroxyl groups is 1. The Morgan fingerprint density at radius 3 is 1.57 bits per heavy atom. The van der Waals surface area contributed by atoms with Gasteiger partial charge >= 0.3 is 21.2 Å². The number of nitrogens with zero attached hydrogens (tertiary/aromatic N) is 8. The summed E-state index contributed by atoms with van der Waals surface area (Å²) in [5.41, 5.74) is 9.48. The van der Waals surface area contributed by atoms with Crippen molar-refractivity contribution in [2.24, 2.45) is 40.9 Å². The Hall–Kier alpha value is -8.29. The molecule has 0 bridgehead atoms. The number of aliphatic hydroxyl groups is 1. The monoisotopic (exact) mass is 1010 g/mol. The van der Waals surface area contributed by atoms with Crippen LogP contribution >= 0.6 is 0 Å². The molecule has 24 heteroatoms. The zero-order valence-electron chi connectivity index (χ0n) is 37.6. The molecule has 360 valence electrons. The van der Waals surface area contributed by atoms with E-state index in [2.05, 4.69) is 46.2 Å². The first-order valence-corrected chi connectivity index (χ1v) is 23.6. The van der Waals surface area contributed by atoms with Gasteiger partial charge in [0.15, 0.2) is 5.75 Å². The highest BCUT2D eigenvalue weighted by Crippen LogP contribution is 2.39. The summed E-state index contributed by atoms with van der Waals surface area (Å²) >= 11 is 0. The van der Waals surface area contributed by atoms with Gasteiger partial charge in [-0.3, -0.25) is 4.55 Å². The molecule has 7 rings (SSSR count). The topological polar surface area (TPSA) is 317 Å². The van der Waals surface area contributed by atoms with Crippen molar-refractivity contribution >= 4 is 99.0 Å². The van der Waals surface area contributed by atoms with Crippen molar-refractivity contribution in [1.82, 2.24) is 0 Å². The quantitative estimate of drug-likeness (QED) is 0.0617. The standard InChI is InChI=1S/C46H41N9O6S.2O3S/c1-27-20-35(12-17-38(27)50-48-34-13-18-39(28(2)21-34)51-52-41-8-6-7-9-45(41)62(58,59)60)49-54-43-22-30(4)44(23-29(43)3)55-53-42-16-10-31-24-33(11-15-37(31)46(42)57)47-40-19-14-36(61-5)25-32(40)26-56;2*1-4(2)3/h6-25,47,56-57H,26H2,1-5H3,(H,58,59,60);;. The highest BCUT2D eigenvalue weighted by Gasteiger charge is 2.15. The van der Waals surface area contributed by atoms with E-state index in [0.29, 0.717) is 56.5 Å². The number of nitrogens with one attached hydrogen (secondary N) is 1. The fourth-order valence-corrected chi connectivity index (χ4v) is 7.02. The Labute approximate surface area is 403 Å². The van der Waals surface area contributed by atoms with Crippen LogP contribution in [0.25, 0.3) is 10.8 Å². The summed E-state index contributed by atoms with van der Waals surface area (Å²) in [7, 11) is -9.09. The molecule has 0 saturated carbocycles. The third kappa shape index (κ3) is 14.9. The second kappa shape index (κ2) is 24.1. The van der Waals surface area contributed by atoms with Crippen LogP contribution in [0, 0.1) is 27.7 Å². The molecule has 0 aromatic heterocycles. The number of phenols is 1. The number of hydrogen-bond donors (Lipinski definition) is 4. The zero-order valence-corrected chi connectivity index (χ0v) is 40.0. The molecule has 0 fully saturated rings. The maximum Gasteiger partial charge on any atom is 0.425 e. The van der Waals surface area contributed by atoms with Gasteiger partial charge < -0.3 is 20.3 Å². The number of methoxy groups -OCH3 is 1. The van der Waals surface area contributed by atoms with Crippen molar-refractivity contribution in [3.63, 3.8) is 0 Å². The number of rotatable bonds is 13. The lowest BCUT2D eigenvalue weighted by molar-refractivity contribution is 0.281. The minimum atomic E-state index is -4.45. The molecule has 7 aromatic carbocycles. The van der Waals surface area contributed by atoms with Gasteiger partial charge in [-0.25, -0.2) is 0 Å². The molecule has 21 nitrogen and oxygen atoms in total. The average Bonchev–Trinajstić information content (AvgIpc) is 3.30. The minimum Gasteiger partial charge on any atom is -0.505 e. The van der Waals surface area contributed by atoms with E-state index in [0.717, 1.165) is 39.0 Å². The summed E-state index contributed by atoms with van der Waals surface area (Å²) < 4.78 is 88.8. The Balaban J connectivity index is 0.00000106. The molecule has 70 heavy (non-hydrogen) atoms. The lowest BCUT2D eigenvalue weighted by Gasteiger charge is -2.13. The van der Waals surface area contributed by atoms with Crippen LogP contribution in [0.2, 0.25) is 0 Å². The van der Waals surface area contributed by atoms with Crippen molar-refractivity contribution in [3.8, 4) is 11.5 Å². The third-order valence-electron chi connectivity index (χ3n) is 9.83. The number of benzene rings is 7. The molecular formula is C46H41N9O12S3. The summed E-state index contributed by atoms with van der Waals surface area (Å²) in [5.74, 6) is 0.664. The summed E-state index contributed by atoms with van der Waals surface area (Å²) in [6.07, 6.45) is 0. The first kappa shape index (κ1) is 52.7. The molecule has 0 spiro atoms. The molecule has 7 aromatic rings. The Kier molecular flexibility index (Phi) is 18.2. The number of ether oxygens (including phenoxy) is 1. The van der Waals surface area contributed by atoms with E-state index in [4.69, 9.17) is 30.0 Å². The second-order valence-electron chi connectivity index (χ2n) is 14.7. The van der Waals surface area contributed by atoms with Crippen LogP contribution < -0.4 is 10.1 Å². The van der Waals surface area contributed by atoms with E-state index < -0.39 is 31.3 Å². The Morgan fingerprint density at radius 1 is 0.543 bits per heavy atom. The molecule has 0 heterocycles. The van der Waals surface area contributed by atoms with Crippen molar-refractivity contribution in [2.45, 2.75) is 39.2 Å². The van der Waals surface area contributed by atoms with E-state index >= 15 is 0 Å². The zero-order chi connectivity index (χ0) is 51.1. The highest BCUT2D eigenvalue weighted by molar-refractivity contribution is 7.86. The molecule has 0 unspecified atom stereocenters. The smallest absolute Gasteiger partial charge is 0.425 e. The number of aliphatic hydroxyl groups excluding tert-OH is 1. The van der Waals surface area contributed by atoms with Gasteiger partial charge in [0, 0.05) is 22.3 Å². The molecule has 0 aliphatic rings. The van der Waals surface area contributed by atoms with Gasteiger partial charge in [-0.2, -0.15) is 39.1 Å². The predicted molar refractivity (Wildman–Crippen MR) is 258 cm³/mol. The minimum absolute atomic E-state index is 0.00992. The summed E-state index contributed by atoms with van der Waals surface area (Å²) in [6.45, 7) is 7.39. The molecule has 0 radical (unpaired) electrons. The number of phenolic OH excluding ortho intramolecular Hbond substituents is 1. The normalized spacial score (nSPS) is 11.4. The van der Waals surface area contributed by atoms with Crippen molar-refractivity contribution in [2.75, 3.05) is 12.4 Å². The molecule has 4 N–H and O–H groups in total. The van der Waals surface area contributed by atoms with Crippen molar-refractivity contribution in [3.05, 3.63) is 149 Å². The summed E-state index contributed by atoms with van der Waals surface area (Å²) in [6, 6.07) is 34.8. The van der Waals surface area contributed by atoms with Gasteiger partial charge in [-0.05, 0) is 158 Å². The number of aryl methyl sites for hydroxylation is 4. The van der Waals surface area contributed by atoms with Crippen molar-refractivity contribution in [1.29, 1.82) is 0 Å². The van der Waals surface area contributed by atoms with Gasteiger partial charge in [-0.15, -0.1) is 35.5 Å². The molecule has 0 aliphatic carbocycles. The summed E-state index contributed by atoms with van der Waals surface area (Å²) in [4.78, 5) is -0.328. The number of fused-ring (bicyclic) bond motifs is 1. The molecular weight excluding hydrogens is 967 g/mol. The van der Waals surface area contributed by atoms with E-state index in [1.54, 1.807) is 49.6 Å². The number of azo groups is 4. The number of hydrogen-bond acceptors (Lipinski definition) is 20. The van der Waals surface area contributed by atoms with E-state index in [1.165, 1.54) is 18.2 Å². The van der Waals surface area contributed by atoms with Gasteiger partial charge in [0.2, 0.25) is 0 Å². The van der Waals surface area contributed by atoms with Crippen LogP contribution in [0.15, 0.2) is 167 Å². The molecule has 0 amide bonds. The Bertz CT molecular complexity index is 3530. The van der Waals surface area contributed by atoms with Crippen LogP contribution in [0.4, 0.5) is 56.9 Å². The van der Waals surface area contributed by atoms with Crippen LogP contribution in [0.1, 0.15) is 27.8 Å². The van der Waals surface area contributed by atoms with Crippen LogP contribution in [0.3, 0.4) is 0 Å². The van der Waals surface area contributed by atoms with Crippen LogP contribution in [0.5, 0.6) is 11.5 Å². The lowest BCUT2D eigenvalue weighted by atomic mass is 10.1. The third-order valence-corrected chi connectivity index (χ3v) is 10.7. The lowest BCUT2D eigenvalue weighted by Crippen LogP contribution is -1.97. The molecule has 0 saturated heterocycles. The van der Waals surface area contributed by atoms with Gasteiger partial charge in [0.25, 0.3) is 10.1 Å². The van der Waals surface area contributed by atoms with E-state index in [9.17, 15) is 23.2 Å². The molecule has 0 aliphatic heterocycles. The maximum absolute atomic E-state index is 11.7. The number of anilines is 2. The van der Waals surface area contributed by atoms with E-state index in [-0.39, 0.29) is 22.9 Å². The predicted octanol–water partition coefficient (Wildman–Crippen LogP) is 11.9. The SMILES string of the molecule is COc1ccc(Nc2ccc3c(O)c(N=Nc4cc(C)c(N=Nc5ccc(N=Nc6ccc(N=Nc7ccccc7S(=O)(=O)O)c(C)c6)c(C)c5)cc4C)ccc3c2)c(CO)c1.O=S(=O)=O.O=S(=O)=O. The molecule has 0 atom stereocenters. The fourth-order valence-electron chi connectivity index (χ4n) is 6.39. The van der Waals surface area contributed by atoms with Crippen molar-refractivity contribution < 1.29 is 53.2 Å². The maximum atomic E-state index is 11.7.